The quantitative estimate of drug-likeness (QED) is 0.901. The molecule has 0 unspecified atom stereocenters. The van der Waals surface area contributed by atoms with Gasteiger partial charge < -0.3 is 10.1 Å². The Hall–Kier alpha value is -1.39. The van der Waals surface area contributed by atoms with Crippen molar-refractivity contribution >= 4 is 15.9 Å². The molecule has 2 aromatic rings. The molecule has 2 rings (SSSR count). The van der Waals surface area contributed by atoms with Crippen molar-refractivity contribution in [2.45, 2.75) is 13.2 Å². The third-order valence-corrected chi connectivity index (χ3v) is 3.43. The highest BCUT2D eigenvalue weighted by Crippen LogP contribution is 2.21. The minimum Gasteiger partial charge on any atom is -0.489 e. The van der Waals surface area contributed by atoms with Gasteiger partial charge in [0.1, 0.15) is 18.2 Å². The van der Waals surface area contributed by atoms with E-state index in [0.29, 0.717) is 12.4 Å². The van der Waals surface area contributed by atoms with Crippen LogP contribution in [-0.4, -0.2) is 7.05 Å². The van der Waals surface area contributed by atoms with E-state index < -0.39 is 0 Å². The van der Waals surface area contributed by atoms with Crippen molar-refractivity contribution in [2.75, 3.05) is 7.05 Å². The summed E-state index contributed by atoms with van der Waals surface area (Å²) in [6, 6.07) is 12.3. The van der Waals surface area contributed by atoms with Gasteiger partial charge in [0, 0.05) is 22.6 Å². The van der Waals surface area contributed by atoms with Crippen LogP contribution in [0.15, 0.2) is 46.9 Å². The lowest BCUT2D eigenvalue weighted by Crippen LogP contribution is -2.05. The van der Waals surface area contributed by atoms with E-state index in [1.807, 2.05) is 19.2 Å². The summed E-state index contributed by atoms with van der Waals surface area (Å²) in [5.74, 6) is 0.243. The van der Waals surface area contributed by atoms with Crippen molar-refractivity contribution in [3.63, 3.8) is 0 Å². The summed E-state index contributed by atoms with van der Waals surface area (Å²) in [5.41, 5.74) is 2.23. The van der Waals surface area contributed by atoms with E-state index in [2.05, 4.69) is 27.3 Å². The second-order valence-electron chi connectivity index (χ2n) is 4.20. The van der Waals surface area contributed by atoms with Crippen molar-refractivity contribution in [3.8, 4) is 5.75 Å². The minimum atomic E-state index is -0.291. The summed E-state index contributed by atoms with van der Waals surface area (Å²) in [6.07, 6.45) is 0. The molecule has 100 valence electrons. The predicted molar refractivity (Wildman–Crippen MR) is 77.6 cm³/mol. The molecular formula is C15H15BrFNO. The van der Waals surface area contributed by atoms with E-state index in [1.54, 1.807) is 12.1 Å². The molecule has 0 saturated heterocycles. The number of halogens is 2. The van der Waals surface area contributed by atoms with Gasteiger partial charge in [0.05, 0.1) is 0 Å². The number of hydrogen-bond acceptors (Lipinski definition) is 2. The van der Waals surface area contributed by atoms with Crippen molar-refractivity contribution in [2.24, 2.45) is 0 Å². The van der Waals surface area contributed by atoms with Crippen molar-refractivity contribution in [1.82, 2.24) is 5.32 Å². The van der Waals surface area contributed by atoms with Crippen LogP contribution in [0.2, 0.25) is 0 Å². The summed E-state index contributed by atoms with van der Waals surface area (Å²) in [7, 11) is 1.91. The molecule has 0 fully saturated rings. The molecule has 19 heavy (non-hydrogen) atoms. The van der Waals surface area contributed by atoms with Gasteiger partial charge in [-0.25, -0.2) is 4.39 Å². The average Bonchev–Trinajstić information content (AvgIpc) is 2.38. The molecular weight excluding hydrogens is 309 g/mol. The first-order chi connectivity index (χ1) is 9.19. The van der Waals surface area contributed by atoms with E-state index in [4.69, 9.17) is 4.74 Å². The molecule has 0 bridgehead atoms. The SMILES string of the molecule is CNCc1ccc(COc2cccc(F)c2)c(Br)c1. The summed E-state index contributed by atoms with van der Waals surface area (Å²) in [4.78, 5) is 0. The summed E-state index contributed by atoms with van der Waals surface area (Å²) in [6.45, 7) is 1.23. The second-order valence-corrected chi connectivity index (χ2v) is 5.06. The molecule has 0 spiro atoms. The van der Waals surface area contributed by atoms with Crippen molar-refractivity contribution in [1.29, 1.82) is 0 Å². The molecule has 0 aromatic heterocycles. The Morgan fingerprint density at radius 3 is 2.74 bits per heavy atom. The fraction of sp³-hybridized carbons (Fsp3) is 0.200. The standard InChI is InChI=1S/C15H15BrFNO/c1-18-9-11-5-6-12(15(16)7-11)10-19-14-4-2-3-13(17)8-14/h2-8,18H,9-10H2,1H3. The van der Waals surface area contributed by atoms with Crippen LogP contribution >= 0.6 is 15.9 Å². The van der Waals surface area contributed by atoms with Gasteiger partial charge in [0.2, 0.25) is 0 Å². The average molecular weight is 324 g/mol. The van der Waals surface area contributed by atoms with Crippen LogP contribution in [-0.2, 0) is 13.2 Å². The smallest absolute Gasteiger partial charge is 0.126 e. The number of hydrogen-bond donors (Lipinski definition) is 1. The van der Waals surface area contributed by atoms with Crippen LogP contribution in [0.1, 0.15) is 11.1 Å². The van der Waals surface area contributed by atoms with Gasteiger partial charge in [0.15, 0.2) is 0 Å². The normalized spacial score (nSPS) is 10.5. The number of nitrogens with one attached hydrogen (secondary N) is 1. The van der Waals surface area contributed by atoms with Crippen LogP contribution < -0.4 is 10.1 Å². The lowest BCUT2D eigenvalue weighted by Gasteiger charge is -2.09. The van der Waals surface area contributed by atoms with Crippen LogP contribution in [0.25, 0.3) is 0 Å². The number of benzene rings is 2. The van der Waals surface area contributed by atoms with E-state index >= 15 is 0 Å². The molecule has 4 heteroatoms. The van der Waals surface area contributed by atoms with Gasteiger partial charge in [-0.15, -0.1) is 0 Å². The Labute approximate surface area is 120 Å². The van der Waals surface area contributed by atoms with Gasteiger partial charge in [-0.1, -0.05) is 34.1 Å². The first-order valence-electron chi connectivity index (χ1n) is 5.99. The Morgan fingerprint density at radius 1 is 1.21 bits per heavy atom. The van der Waals surface area contributed by atoms with Crippen LogP contribution in [0.3, 0.4) is 0 Å². The molecule has 0 amide bonds. The zero-order valence-electron chi connectivity index (χ0n) is 10.6. The van der Waals surface area contributed by atoms with Gasteiger partial charge in [-0.05, 0) is 30.8 Å². The highest BCUT2D eigenvalue weighted by molar-refractivity contribution is 9.10. The lowest BCUT2D eigenvalue weighted by atomic mass is 10.1. The maximum Gasteiger partial charge on any atom is 0.126 e. The molecule has 0 aliphatic rings. The van der Waals surface area contributed by atoms with E-state index in [1.165, 1.54) is 17.7 Å². The zero-order valence-corrected chi connectivity index (χ0v) is 12.2. The molecule has 2 aromatic carbocycles. The van der Waals surface area contributed by atoms with Gasteiger partial charge in [-0.2, -0.15) is 0 Å². The van der Waals surface area contributed by atoms with Crippen molar-refractivity contribution in [3.05, 3.63) is 63.9 Å². The highest BCUT2D eigenvalue weighted by atomic mass is 79.9. The van der Waals surface area contributed by atoms with Gasteiger partial charge >= 0.3 is 0 Å². The number of ether oxygens (including phenoxy) is 1. The van der Waals surface area contributed by atoms with Crippen LogP contribution in [0, 0.1) is 5.82 Å². The third kappa shape index (κ3) is 4.04. The molecule has 0 aliphatic heterocycles. The van der Waals surface area contributed by atoms with Crippen LogP contribution in [0.5, 0.6) is 5.75 Å². The highest BCUT2D eigenvalue weighted by Gasteiger charge is 2.03. The fourth-order valence-corrected chi connectivity index (χ4v) is 2.28. The maximum absolute atomic E-state index is 13.0. The molecule has 0 atom stereocenters. The van der Waals surface area contributed by atoms with E-state index in [-0.39, 0.29) is 5.82 Å². The Morgan fingerprint density at radius 2 is 2.05 bits per heavy atom. The minimum absolute atomic E-state index is 0.291. The largest absolute Gasteiger partial charge is 0.489 e. The zero-order chi connectivity index (χ0) is 13.7. The molecule has 2 nitrogen and oxygen atoms in total. The topological polar surface area (TPSA) is 21.3 Å². The maximum atomic E-state index is 13.0. The molecule has 0 saturated carbocycles. The van der Waals surface area contributed by atoms with Crippen molar-refractivity contribution < 1.29 is 9.13 Å². The molecule has 0 aliphatic carbocycles. The summed E-state index contributed by atoms with van der Waals surface area (Å²) in [5, 5.41) is 3.10. The van der Waals surface area contributed by atoms with Gasteiger partial charge in [-0.3, -0.25) is 0 Å². The lowest BCUT2D eigenvalue weighted by molar-refractivity contribution is 0.304. The predicted octanol–water partition coefficient (Wildman–Crippen LogP) is 3.89. The Bertz CT molecular complexity index is 560. The van der Waals surface area contributed by atoms with E-state index in [0.717, 1.165) is 16.6 Å². The Balaban J connectivity index is 2.03. The number of rotatable bonds is 5. The summed E-state index contributed by atoms with van der Waals surface area (Å²) >= 11 is 3.52. The Kier molecular flexibility index (Phi) is 4.93. The monoisotopic (exact) mass is 323 g/mol. The molecule has 0 heterocycles. The molecule has 1 N–H and O–H groups in total. The fourth-order valence-electron chi connectivity index (χ4n) is 1.74. The van der Waals surface area contributed by atoms with Gasteiger partial charge in [0.25, 0.3) is 0 Å². The van der Waals surface area contributed by atoms with E-state index in [9.17, 15) is 4.39 Å². The first-order valence-corrected chi connectivity index (χ1v) is 6.78. The second kappa shape index (κ2) is 6.68. The first kappa shape index (κ1) is 14.0. The van der Waals surface area contributed by atoms with Crippen LogP contribution in [0.4, 0.5) is 4.39 Å². The third-order valence-electron chi connectivity index (χ3n) is 2.69. The molecule has 0 radical (unpaired) electrons. The summed E-state index contributed by atoms with van der Waals surface area (Å²) < 4.78 is 19.6.